The number of carbonyl (C=O) groups excluding carboxylic acids is 1. The molecule has 23 heavy (non-hydrogen) atoms. The van der Waals surface area contributed by atoms with Crippen LogP contribution in [0.3, 0.4) is 0 Å². The third-order valence-corrected chi connectivity index (χ3v) is 5.09. The molecular weight excluding hydrogens is 336 g/mol. The van der Waals surface area contributed by atoms with Gasteiger partial charge in [-0.3, -0.25) is 4.79 Å². The Bertz CT molecular complexity index is 750. The Balaban J connectivity index is 1.68. The fourth-order valence-electron chi connectivity index (χ4n) is 2.87. The summed E-state index contributed by atoms with van der Waals surface area (Å²) in [5.41, 5.74) is 1.43. The van der Waals surface area contributed by atoms with E-state index in [4.69, 9.17) is 23.2 Å². The third kappa shape index (κ3) is 3.36. The van der Waals surface area contributed by atoms with Crippen LogP contribution in [0.15, 0.2) is 42.5 Å². The Morgan fingerprint density at radius 2 is 1.96 bits per heavy atom. The maximum absolute atomic E-state index is 13.8. The molecule has 5 heteroatoms. The van der Waals surface area contributed by atoms with Crippen molar-refractivity contribution in [2.45, 2.75) is 18.9 Å². The predicted molar refractivity (Wildman–Crippen MR) is 90.2 cm³/mol. The van der Waals surface area contributed by atoms with Crippen LogP contribution in [-0.4, -0.2) is 17.9 Å². The van der Waals surface area contributed by atoms with E-state index in [2.05, 4.69) is 0 Å². The predicted octanol–water partition coefficient (Wildman–Crippen LogP) is 4.89. The average molecular weight is 352 g/mol. The Labute approximate surface area is 144 Å². The molecule has 0 aliphatic heterocycles. The number of benzene rings is 2. The normalized spacial score (nSPS) is 19.5. The number of hydrogen-bond donors (Lipinski definition) is 0. The van der Waals surface area contributed by atoms with Crippen molar-refractivity contribution in [2.24, 2.45) is 5.92 Å². The van der Waals surface area contributed by atoms with Gasteiger partial charge in [-0.25, -0.2) is 4.39 Å². The molecule has 2 unspecified atom stereocenters. The van der Waals surface area contributed by atoms with E-state index in [1.807, 2.05) is 6.07 Å². The lowest BCUT2D eigenvalue weighted by molar-refractivity contribution is -0.131. The van der Waals surface area contributed by atoms with Crippen molar-refractivity contribution in [2.75, 3.05) is 7.05 Å². The molecule has 0 saturated heterocycles. The van der Waals surface area contributed by atoms with Crippen LogP contribution in [0.1, 0.15) is 23.5 Å². The van der Waals surface area contributed by atoms with Crippen LogP contribution >= 0.6 is 23.2 Å². The van der Waals surface area contributed by atoms with Crippen LogP contribution in [0.2, 0.25) is 10.0 Å². The molecule has 0 spiro atoms. The minimum atomic E-state index is -0.242. The Hall–Kier alpha value is -1.58. The first kappa shape index (κ1) is 16.3. The highest BCUT2D eigenvalue weighted by Crippen LogP contribution is 2.49. The van der Waals surface area contributed by atoms with Crippen molar-refractivity contribution in [1.82, 2.24) is 4.90 Å². The molecule has 1 saturated carbocycles. The van der Waals surface area contributed by atoms with Crippen molar-refractivity contribution in [3.63, 3.8) is 0 Å². The van der Waals surface area contributed by atoms with Crippen LogP contribution in [0.5, 0.6) is 0 Å². The molecule has 1 amide bonds. The summed E-state index contributed by atoms with van der Waals surface area (Å²) >= 11 is 12.2. The molecule has 1 aliphatic rings. The van der Waals surface area contributed by atoms with Crippen molar-refractivity contribution in [1.29, 1.82) is 0 Å². The second-order valence-electron chi connectivity index (χ2n) is 5.88. The topological polar surface area (TPSA) is 20.3 Å². The van der Waals surface area contributed by atoms with Gasteiger partial charge in [0.1, 0.15) is 5.82 Å². The summed E-state index contributed by atoms with van der Waals surface area (Å²) < 4.78 is 13.8. The lowest BCUT2D eigenvalue weighted by Gasteiger charge is -2.18. The largest absolute Gasteiger partial charge is 0.341 e. The molecule has 3 rings (SSSR count). The molecule has 2 nitrogen and oxygen atoms in total. The highest BCUT2D eigenvalue weighted by Gasteiger charge is 2.46. The van der Waals surface area contributed by atoms with E-state index in [0.29, 0.717) is 28.6 Å². The van der Waals surface area contributed by atoms with E-state index in [0.717, 1.165) is 5.56 Å². The molecule has 0 aromatic heterocycles. The van der Waals surface area contributed by atoms with Gasteiger partial charge in [0.25, 0.3) is 0 Å². The minimum Gasteiger partial charge on any atom is -0.341 e. The average Bonchev–Trinajstić information content (AvgIpc) is 3.32. The summed E-state index contributed by atoms with van der Waals surface area (Å²) in [6.45, 7) is 0.388. The summed E-state index contributed by atoms with van der Waals surface area (Å²) in [6.07, 6.45) is 0.688. The van der Waals surface area contributed by atoms with Gasteiger partial charge < -0.3 is 4.90 Å². The zero-order valence-corrected chi connectivity index (χ0v) is 14.1. The second-order valence-corrected chi connectivity index (χ2v) is 6.66. The first-order chi connectivity index (χ1) is 11.0. The van der Waals surface area contributed by atoms with Gasteiger partial charge in [-0.1, -0.05) is 53.5 Å². The molecule has 2 aromatic carbocycles. The smallest absolute Gasteiger partial charge is 0.226 e. The van der Waals surface area contributed by atoms with Crippen LogP contribution in [0.4, 0.5) is 4.39 Å². The summed E-state index contributed by atoms with van der Waals surface area (Å²) in [6, 6.07) is 12.0. The SMILES string of the molecule is CN(Cc1cccc(Cl)c1Cl)C(=O)C1CC1c1ccccc1F. The fraction of sp³-hybridized carbons (Fsp3) is 0.278. The lowest BCUT2D eigenvalue weighted by atomic mass is 10.1. The van der Waals surface area contributed by atoms with Gasteiger partial charge >= 0.3 is 0 Å². The third-order valence-electron chi connectivity index (χ3n) is 4.23. The van der Waals surface area contributed by atoms with Gasteiger partial charge in [0, 0.05) is 19.5 Å². The first-order valence-electron chi connectivity index (χ1n) is 7.41. The summed E-state index contributed by atoms with van der Waals surface area (Å²) in [5, 5.41) is 0.941. The molecule has 0 bridgehead atoms. The van der Waals surface area contributed by atoms with Crippen molar-refractivity contribution >= 4 is 29.1 Å². The first-order valence-corrected chi connectivity index (χ1v) is 8.17. The number of halogens is 3. The minimum absolute atomic E-state index is 0.00861. The molecule has 0 radical (unpaired) electrons. The molecule has 0 heterocycles. The van der Waals surface area contributed by atoms with Gasteiger partial charge in [-0.15, -0.1) is 0 Å². The number of hydrogen-bond acceptors (Lipinski definition) is 1. The number of nitrogens with zero attached hydrogens (tertiary/aromatic N) is 1. The van der Waals surface area contributed by atoms with Crippen LogP contribution in [-0.2, 0) is 11.3 Å². The second kappa shape index (κ2) is 6.50. The quantitative estimate of drug-likeness (QED) is 0.767. The molecule has 0 N–H and O–H groups in total. The van der Waals surface area contributed by atoms with E-state index in [9.17, 15) is 9.18 Å². The van der Waals surface area contributed by atoms with E-state index in [1.165, 1.54) is 6.07 Å². The van der Waals surface area contributed by atoms with E-state index in [1.54, 1.807) is 42.3 Å². The van der Waals surface area contributed by atoms with Gasteiger partial charge in [0.2, 0.25) is 5.91 Å². The van der Waals surface area contributed by atoms with Crippen molar-refractivity contribution < 1.29 is 9.18 Å². The highest BCUT2D eigenvalue weighted by atomic mass is 35.5. The van der Waals surface area contributed by atoms with E-state index in [-0.39, 0.29) is 23.6 Å². The molecule has 1 fully saturated rings. The van der Waals surface area contributed by atoms with Gasteiger partial charge in [0.05, 0.1) is 10.0 Å². The highest BCUT2D eigenvalue weighted by molar-refractivity contribution is 6.42. The standard InChI is InChI=1S/C18H16Cl2FNO/c1-22(10-11-5-4-7-15(19)17(11)20)18(23)14-9-13(14)12-6-2-3-8-16(12)21/h2-8,13-14H,9-10H2,1H3. The Morgan fingerprint density at radius 1 is 1.22 bits per heavy atom. The summed E-state index contributed by atoms with van der Waals surface area (Å²) in [7, 11) is 1.73. The van der Waals surface area contributed by atoms with Gasteiger partial charge in [0.15, 0.2) is 0 Å². The number of carbonyl (C=O) groups is 1. The van der Waals surface area contributed by atoms with E-state index >= 15 is 0 Å². The lowest BCUT2D eigenvalue weighted by Crippen LogP contribution is -2.28. The van der Waals surface area contributed by atoms with Crippen LogP contribution in [0, 0.1) is 11.7 Å². The molecule has 1 aliphatic carbocycles. The fourth-order valence-corrected chi connectivity index (χ4v) is 3.25. The Kier molecular flexibility index (Phi) is 4.60. The molecule has 2 atom stereocenters. The van der Waals surface area contributed by atoms with Crippen molar-refractivity contribution in [3.05, 3.63) is 69.5 Å². The van der Waals surface area contributed by atoms with Crippen LogP contribution < -0.4 is 0 Å². The maximum Gasteiger partial charge on any atom is 0.226 e. The molecule has 2 aromatic rings. The van der Waals surface area contributed by atoms with Gasteiger partial charge in [-0.2, -0.15) is 0 Å². The van der Waals surface area contributed by atoms with E-state index < -0.39 is 0 Å². The monoisotopic (exact) mass is 351 g/mol. The zero-order valence-electron chi connectivity index (χ0n) is 12.6. The zero-order chi connectivity index (χ0) is 16.6. The van der Waals surface area contributed by atoms with Gasteiger partial charge in [-0.05, 0) is 35.6 Å². The van der Waals surface area contributed by atoms with Crippen LogP contribution in [0.25, 0.3) is 0 Å². The Morgan fingerprint density at radius 3 is 2.70 bits per heavy atom. The van der Waals surface area contributed by atoms with Crippen molar-refractivity contribution in [3.8, 4) is 0 Å². The summed E-state index contributed by atoms with van der Waals surface area (Å²) in [4.78, 5) is 14.2. The summed E-state index contributed by atoms with van der Waals surface area (Å²) in [5.74, 6) is -0.418. The number of rotatable bonds is 4. The molecular formula is C18H16Cl2FNO. The maximum atomic E-state index is 13.8. The number of amides is 1. The molecule has 120 valence electrons.